The minimum atomic E-state index is 0. The van der Waals surface area contributed by atoms with Gasteiger partial charge in [0.2, 0.25) is 5.75 Å². The van der Waals surface area contributed by atoms with Crippen molar-refractivity contribution >= 4 is 12.4 Å². The van der Waals surface area contributed by atoms with Crippen LogP contribution < -0.4 is 14.2 Å². The van der Waals surface area contributed by atoms with Crippen molar-refractivity contribution in [2.75, 3.05) is 27.9 Å². The van der Waals surface area contributed by atoms with Gasteiger partial charge in [0, 0.05) is 24.7 Å². The van der Waals surface area contributed by atoms with Crippen molar-refractivity contribution in [2.45, 2.75) is 38.3 Å². The molecule has 0 atom stereocenters. The first-order valence-corrected chi connectivity index (χ1v) is 7.78. The van der Waals surface area contributed by atoms with Gasteiger partial charge in [0.05, 0.1) is 21.3 Å². The van der Waals surface area contributed by atoms with E-state index in [-0.39, 0.29) is 12.4 Å². The molecule has 2 saturated heterocycles. The van der Waals surface area contributed by atoms with Gasteiger partial charge in [-0.25, -0.2) is 0 Å². The van der Waals surface area contributed by atoms with Crippen LogP contribution in [0.2, 0.25) is 0 Å². The number of halogens is 1. The molecule has 3 aliphatic rings. The lowest BCUT2D eigenvalue weighted by molar-refractivity contribution is 0.0419. The van der Waals surface area contributed by atoms with Gasteiger partial charge in [-0.1, -0.05) is 6.07 Å². The molecule has 1 saturated carbocycles. The van der Waals surface area contributed by atoms with Crippen molar-refractivity contribution in [1.82, 2.24) is 4.90 Å². The minimum Gasteiger partial charge on any atom is -0.493 e. The molecule has 1 aromatic carbocycles. The predicted octanol–water partition coefficient (Wildman–Crippen LogP) is 3.51. The SMILES string of the molecule is COc1ccc(CN2CC3CCC2CC3)c(OC)c1OC.Cl. The van der Waals surface area contributed by atoms with Gasteiger partial charge in [-0.05, 0) is 37.7 Å². The minimum absolute atomic E-state index is 0. The summed E-state index contributed by atoms with van der Waals surface area (Å²) in [4.78, 5) is 2.61. The standard InChI is InChI=1S/C17H25NO3.ClH/c1-19-15-9-6-13(16(20-2)17(15)21-3)11-18-10-12-4-7-14(18)8-5-12;/h6,9,12,14H,4-5,7-8,10-11H2,1-3H3;1H. The molecule has 5 heteroatoms. The number of hydrogen-bond donors (Lipinski definition) is 0. The number of hydrogen-bond acceptors (Lipinski definition) is 4. The van der Waals surface area contributed by atoms with Crippen LogP contribution in [0.1, 0.15) is 31.2 Å². The monoisotopic (exact) mass is 327 g/mol. The molecular weight excluding hydrogens is 302 g/mol. The van der Waals surface area contributed by atoms with E-state index in [9.17, 15) is 0 Å². The molecule has 4 rings (SSSR count). The summed E-state index contributed by atoms with van der Waals surface area (Å²) < 4.78 is 16.4. The summed E-state index contributed by atoms with van der Waals surface area (Å²) in [6.45, 7) is 2.16. The first kappa shape index (κ1) is 17.2. The van der Waals surface area contributed by atoms with Crippen LogP contribution in [0.25, 0.3) is 0 Å². The molecule has 0 unspecified atom stereocenters. The Kier molecular flexibility index (Phi) is 5.81. The lowest BCUT2D eigenvalue weighted by Gasteiger charge is -2.45. The Balaban J connectivity index is 0.00000176. The van der Waals surface area contributed by atoms with Crippen LogP contribution in [0.4, 0.5) is 0 Å². The van der Waals surface area contributed by atoms with Gasteiger partial charge in [0.25, 0.3) is 0 Å². The van der Waals surface area contributed by atoms with Crippen LogP contribution in [0.5, 0.6) is 17.2 Å². The number of rotatable bonds is 5. The average molecular weight is 328 g/mol. The van der Waals surface area contributed by atoms with Crippen LogP contribution in [0, 0.1) is 5.92 Å². The highest BCUT2D eigenvalue weighted by molar-refractivity contribution is 5.85. The third kappa shape index (κ3) is 3.13. The van der Waals surface area contributed by atoms with Gasteiger partial charge in [0.15, 0.2) is 11.5 Å². The normalized spacial score (nSPS) is 23.8. The molecule has 0 spiro atoms. The van der Waals surface area contributed by atoms with E-state index in [2.05, 4.69) is 11.0 Å². The van der Waals surface area contributed by atoms with Crippen molar-refractivity contribution in [3.05, 3.63) is 17.7 Å². The number of piperidine rings is 2. The van der Waals surface area contributed by atoms with Crippen molar-refractivity contribution in [3.63, 3.8) is 0 Å². The Morgan fingerprint density at radius 2 is 1.64 bits per heavy atom. The number of benzene rings is 1. The maximum absolute atomic E-state index is 5.60. The van der Waals surface area contributed by atoms with Gasteiger partial charge < -0.3 is 14.2 Å². The third-order valence-corrected chi connectivity index (χ3v) is 4.98. The zero-order valence-corrected chi connectivity index (χ0v) is 14.4. The fourth-order valence-corrected chi connectivity index (χ4v) is 3.87. The predicted molar refractivity (Wildman–Crippen MR) is 89.5 cm³/mol. The van der Waals surface area contributed by atoms with Crippen LogP contribution in [0.15, 0.2) is 12.1 Å². The number of nitrogens with zero attached hydrogens (tertiary/aromatic N) is 1. The molecule has 4 nitrogen and oxygen atoms in total. The first-order valence-electron chi connectivity index (χ1n) is 7.78. The van der Waals surface area contributed by atoms with Gasteiger partial charge in [0.1, 0.15) is 0 Å². The highest BCUT2D eigenvalue weighted by Gasteiger charge is 2.34. The molecule has 2 heterocycles. The maximum atomic E-state index is 5.60. The van der Waals surface area contributed by atoms with Gasteiger partial charge >= 0.3 is 0 Å². The van der Waals surface area contributed by atoms with E-state index in [0.29, 0.717) is 5.75 Å². The van der Waals surface area contributed by atoms with Crippen LogP contribution in [-0.4, -0.2) is 38.8 Å². The molecule has 2 bridgehead atoms. The van der Waals surface area contributed by atoms with Gasteiger partial charge in [-0.2, -0.15) is 0 Å². The highest BCUT2D eigenvalue weighted by atomic mass is 35.5. The maximum Gasteiger partial charge on any atom is 0.203 e. The molecule has 0 amide bonds. The zero-order valence-electron chi connectivity index (χ0n) is 13.6. The van der Waals surface area contributed by atoms with E-state index in [4.69, 9.17) is 14.2 Å². The number of methoxy groups -OCH3 is 3. The number of fused-ring (bicyclic) bond motifs is 3. The van der Waals surface area contributed by atoms with E-state index in [0.717, 1.165) is 30.0 Å². The molecule has 124 valence electrons. The molecule has 2 aliphatic heterocycles. The Hall–Kier alpha value is -1.13. The van der Waals surface area contributed by atoms with Crippen molar-refractivity contribution in [3.8, 4) is 17.2 Å². The lowest BCUT2D eigenvalue weighted by Crippen LogP contribution is -2.47. The quantitative estimate of drug-likeness (QED) is 0.828. The van der Waals surface area contributed by atoms with E-state index in [1.54, 1.807) is 21.3 Å². The van der Waals surface area contributed by atoms with Crippen molar-refractivity contribution in [1.29, 1.82) is 0 Å². The first-order chi connectivity index (χ1) is 10.3. The summed E-state index contributed by atoms with van der Waals surface area (Å²) in [6, 6.07) is 4.81. The highest BCUT2D eigenvalue weighted by Crippen LogP contribution is 2.42. The van der Waals surface area contributed by atoms with Crippen LogP contribution >= 0.6 is 12.4 Å². The zero-order chi connectivity index (χ0) is 14.8. The smallest absolute Gasteiger partial charge is 0.203 e. The summed E-state index contributed by atoms with van der Waals surface area (Å²) in [5.41, 5.74) is 1.18. The van der Waals surface area contributed by atoms with Crippen LogP contribution in [0.3, 0.4) is 0 Å². The summed E-state index contributed by atoms with van der Waals surface area (Å²) in [6.07, 6.45) is 5.51. The largest absolute Gasteiger partial charge is 0.493 e. The Bertz CT molecular complexity index is 501. The van der Waals surface area contributed by atoms with E-state index in [1.165, 1.54) is 37.8 Å². The Morgan fingerprint density at radius 1 is 0.955 bits per heavy atom. The molecule has 0 radical (unpaired) electrons. The Labute approximate surface area is 139 Å². The number of ether oxygens (including phenoxy) is 3. The van der Waals surface area contributed by atoms with E-state index >= 15 is 0 Å². The summed E-state index contributed by atoms with van der Waals surface area (Å²) in [7, 11) is 5.01. The average Bonchev–Trinajstić information content (AvgIpc) is 2.55. The molecule has 0 N–H and O–H groups in total. The second kappa shape index (κ2) is 7.42. The third-order valence-electron chi connectivity index (χ3n) is 4.98. The summed E-state index contributed by atoms with van der Waals surface area (Å²) in [5.74, 6) is 3.11. The van der Waals surface area contributed by atoms with Gasteiger partial charge in [-0.15, -0.1) is 12.4 Å². The van der Waals surface area contributed by atoms with Crippen molar-refractivity contribution in [2.24, 2.45) is 5.92 Å². The molecule has 22 heavy (non-hydrogen) atoms. The second-order valence-corrected chi connectivity index (χ2v) is 6.10. The van der Waals surface area contributed by atoms with Gasteiger partial charge in [-0.3, -0.25) is 4.90 Å². The van der Waals surface area contributed by atoms with Crippen LogP contribution in [-0.2, 0) is 6.54 Å². The van der Waals surface area contributed by atoms with E-state index in [1.807, 2.05) is 6.07 Å². The fraction of sp³-hybridized carbons (Fsp3) is 0.647. The topological polar surface area (TPSA) is 30.9 Å². The van der Waals surface area contributed by atoms with Crippen molar-refractivity contribution < 1.29 is 14.2 Å². The molecule has 1 aliphatic carbocycles. The molecule has 0 aromatic heterocycles. The fourth-order valence-electron chi connectivity index (χ4n) is 3.87. The molecular formula is C17H26ClNO3. The Morgan fingerprint density at radius 3 is 2.14 bits per heavy atom. The van der Waals surface area contributed by atoms with E-state index < -0.39 is 0 Å². The summed E-state index contributed by atoms with van der Waals surface area (Å²) >= 11 is 0. The second-order valence-electron chi connectivity index (χ2n) is 6.10. The lowest BCUT2D eigenvalue weighted by atomic mass is 9.80. The summed E-state index contributed by atoms with van der Waals surface area (Å²) in [5, 5.41) is 0. The molecule has 1 aromatic rings. The molecule has 3 fully saturated rings.